The molecule has 2 aliphatic heterocycles. The number of fused-ring (bicyclic) bond motifs is 2. The summed E-state index contributed by atoms with van der Waals surface area (Å²) in [6, 6.07) is 16.7. The lowest BCUT2D eigenvalue weighted by molar-refractivity contribution is -0.124. The highest BCUT2D eigenvalue weighted by atomic mass is 19.1. The van der Waals surface area contributed by atoms with Crippen LogP contribution in [-0.4, -0.2) is 43.8 Å². The van der Waals surface area contributed by atoms with E-state index in [-0.39, 0.29) is 29.9 Å². The van der Waals surface area contributed by atoms with E-state index in [9.17, 15) is 9.18 Å². The van der Waals surface area contributed by atoms with Gasteiger partial charge in [0.2, 0.25) is 5.91 Å². The van der Waals surface area contributed by atoms with Gasteiger partial charge in [0.15, 0.2) is 0 Å². The number of benzene rings is 2. The first-order valence-corrected chi connectivity index (χ1v) is 13.4. The minimum atomic E-state index is -0.254. The molecule has 1 atom stereocenters. The van der Waals surface area contributed by atoms with Gasteiger partial charge < -0.3 is 24.6 Å². The minimum absolute atomic E-state index is 0.0256. The molecule has 3 aromatic rings. The number of halogens is 1. The molecule has 1 unspecified atom stereocenters. The van der Waals surface area contributed by atoms with Crippen molar-refractivity contribution >= 4 is 28.8 Å². The van der Waals surface area contributed by atoms with Crippen molar-refractivity contribution in [1.82, 2.24) is 4.98 Å². The number of hydrogen-bond acceptors (Lipinski definition) is 6. The number of anilines is 4. The van der Waals surface area contributed by atoms with Crippen molar-refractivity contribution in [3.05, 3.63) is 77.7 Å². The maximum Gasteiger partial charge on any atom is 0.230 e. The van der Waals surface area contributed by atoms with Crippen LogP contribution in [0.1, 0.15) is 42.9 Å². The number of methoxy groups -OCH3 is 1. The van der Waals surface area contributed by atoms with Crippen molar-refractivity contribution in [3.8, 4) is 0 Å². The fourth-order valence-corrected chi connectivity index (χ4v) is 5.83. The molecule has 1 saturated heterocycles. The monoisotopic (exact) mass is 516 g/mol. The lowest BCUT2D eigenvalue weighted by Gasteiger charge is -2.36. The summed E-state index contributed by atoms with van der Waals surface area (Å²) in [5, 5.41) is 3.47. The number of carbonyl (C=O) groups excluding carboxylic acids is 1. The van der Waals surface area contributed by atoms with Gasteiger partial charge in [-0.2, -0.15) is 0 Å². The zero-order valence-corrected chi connectivity index (χ0v) is 21.6. The van der Waals surface area contributed by atoms with E-state index in [1.54, 1.807) is 25.4 Å². The van der Waals surface area contributed by atoms with Crippen LogP contribution >= 0.6 is 0 Å². The molecule has 38 heavy (non-hydrogen) atoms. The predicted octanol–water partition coefficient (Wildman–Crippen LogP) is 5.59. The molecule has 3 aliphatic rings. The summed E-state index contributed by atoms with van der Waals surface area (Å²) >= 11 is 0. The number of rotatable bonds is 4. The Morgan fingerprint density at radius 3 is 2.71 bits per heavy atom. The Bertz CT molecular complexity index is 1290. The quantitative estimate of drug-likeness (QED) is 0.487. The van der Waals surface area contributed by atoms with Crippen LogP contribution in [0.3, 0.4) is 0 Å². The molecule has 1 aromatic heterocycles. The van der Waals surface area contributed by atoms with E-state index >= 15 is 0 Å². The van der Waals surface area contributed by atoms with Gasteiger partial charge in [-0.05, 0) is 67.6 Å². The summed E-state index contributed by atoms with van der Waals surface area (Å²) in [5.74, 6) is 0.656. The van der Waals surface area contributed by atoms with Gasteiger partial charge in [0.25, 0.3) is 0 Å². The Morgan fingerprint density at radius 2 is 1.92 bits per heavy atom. The zero-order chi connectivity index (χ0) is 26.1. The molecule has 198 valence electrons. The Kier molecular flexibility index (Phi) is 7.00. The van der Waals surface area contributed by atoms with E-state index < -0.39 is 0 Å². The summed E-state index contributed by atoms with van der Waals surface area (Å²) in [4.78, 5) is 22.8. The van der Waals surface area contributed by atoms with E-state index in [0.29, 0.717) is 19.7 Å². The molecule has 2 fully saturated rings. The van der Waals surface area contributed by atoms with E-state index in [2.05, 4.69) is 27.3 Å². The van der Waals surface area contributed by atoms with Gasteiger partial charge in [-0.3, -0.25) is 4.79 Å². The fraction of sp³-hybridized carbons (Fsp3) is 0.400. The van der Waals surface area contributed by atoms with E-state index in [4.69, 9.17) is 9.47 Å². The average Bonchev–Trinajstić information content (AvgIpc) is 3.14. The highest BCUT2D eigenvalue weighted by Crippen LogP contribution is 2.40. The number of nitrogens with zero attached hydrogens (tertiary/aromatic N) is 3. The molecular weight excluding hydrogens is 483 g/mol. The first kappa shape index (κ1) is 24.8. The van der Waals surface area contributed by atoms with Crippen molar-refractivity contribution in [2.75, 3.05) is 41.9 Å². The molecule has 0 radical (unpaired) electrons. The SMILES string of the molecule is COC1CCC(C(=O)N2Cc3cccnc3Nc3ccc(N4CCOC(c5ccc(F)cc5)C4)cc32)CC1. The van der Waals surface area contributed by atoms with E-state index in [1.165, 1.54) is 12.1 Å². The Morgan fingerprint density at radius 1 is 1.11 bits per heavy atom. The summed E-state index contributed by atoms with van der Waals surface area (Å²) in [7, 11) is 1.75. The van der Waals surface area contributed by atoms with Crippen molar-refractivity contribution in [1.29, 1.82) is 0 Å². The number of morpholine rings is 1. The summed E-state index contributed by atoms with van der Waals surface area (Å²) in [6.07, 6.45) is 5.34. The third kappa shape index (κ3) is 4.98. The van der Waals surface area contributed by atoms with Crippen molar-refractivity contribution in [2.45, 2.75) is 44.4 Å². The number of aromatic nitrogens is 1. The molecule has 1 aliphatic carbocycles. The highest BCUT2D eigenvalue weighted by molar-refractivity contribution is 6.00. The Hall–Kier alpha value is -3.49. The molecule has 6 rings (SSSR count). The van der Waals surface area contributed by atoms with Gasteiger partial charge in [0.1, 0.15) is 17.7 Å². The van der Waals surface area contributed by atoms with Gasteiger partial charge in [-0.25, -0.2) is 9.37 Å². The molecule has 7 nitrogen and oxygen atoms in total. The third-order valence-electron chi connectivity index (χ3n) is 8.04. The third-order valence-corrected chi connectivity index (χ3v) is 8.04. The highest BCUT2D eigenvalue weighted by Gasteiger charge is 2.33. The summed E-state index contributed by atoms with van der Waals surface area (Å²) < 4.78 is 25.0. The second-order valence-corrected chi connectivity index (χ2v) is 10.3. The van der Waals surface area contributed by atoms with Crippen molar-refractivity contribution in [3.63, 3.8) is 0 Å². The molecule has 8 heteroatoms. The van der Waals surface area contributed by atoms with Gasteiger partial charge in [-0.1, -0.05) is 18.2 Å². The molecule has 1 N–H and O–H groups in total. The van der Waals surface area contributed by atoms with Crippen LogP contribution in [0.2, 0.25) is 0 Å². The van der Waals surface area contributed by atoms with Gasteiger partial charge in [-0.15, -0.1) is 0 Å². The van der Waals surface area contributed by atoms with Gasteiger partial charge >= 0.3 is 0 Å². The standard InChI is InChI=1S/C30H33FN4O3/c1-37-25-11-6-21(7-12-25)30(36)35-18-22-3-2-14-32-29(22)33-26-13-10-24(17-27(26)35)34-15-16-38-28(19-34)20-4-8-23(31)9-5-20/h2-5,8-10,13-14,17,21,25,28H,6-7,11-12,15-16,18-19H2,1H3,(H,32,33). The Labute approximate surface area is 222 Å². The largest absolute Gasteiger partial charge is 0.381 e. The summed E-state index contributed by atoms with van der Waals surface area (Å²) in [6.45, 7) is 2.42. The average molecular weight is 517 g/mol. The van der Waals surface area contributed by atoms with E-state index in [1.807, 2.05) is 23.1 Å². The number of amides is 1. The maximum atomic E-state index is 14.0. The lowest BCUT2D eigenvalue weighted by atomic mass is 9.86. The van der Waals surface area contributed by atoms with Crippen molar-refractivity contribution in [2.24, 2.45) is 5.92 Å². The number of hydrogen-bond donors (Lipinski definition) is 1. The topological polar surface area (TPSA) is 66.9 Å². The molecule has 0 spiro atoms. The van der Waals surface area contributed by atoms with E-state index in [0.717, 1.165) is 66.2 Å². The minimum Gasteiger partial charge on any atom is -0.381 e. The van der Waals surface area contributed by atoms with Crippen LogP contribution in [-0.2, 0) is 20.8 Å². The lowest BCUT2D eigenvalue weighted by Crippen LogP contribution is -2.39. The molecule has 2 aromatic carbocycles. The van der Waals surface area contributed by atoms with Crippen LogP contribution in [0.25, 0.3) is 0 Å². The second-order valence-electron chi connectivity index (χ2n) is 10.3. The van der Waals surface area contributed by atoms with Crippen LogP contribution in [0.15, 0.2) is 60.8 Å². The Balaban J connectivity index is 1.30. The van der Waals surface area contributed by atoms with Crippen LogP contribution in [0.4, 0.5) is 27.3 Å². The van der Waals surface area contributed by atoms with Crippen molar-refractivity contribution < 1.29 is 18.7 Å². The molecule has 1 saturated carbocycles. The molecule has 1 amide bonds. The number of nitrogens with one attached hydrogen (secondary N) is 1. The zero-order valence-electron chi connectivity index (χ0n) is 21.6. The van der Waals surface area contributed by atoms with Crippen LogP contribution < -0.4 is 15.1 Å². The van der Waals surface area contributed by atoms with Gasteiger partial charge in [0.05, 0.1) is 30.6 Å². The molecule has 3 heterocycles. The number of ether oxygens (including phenoxy) is 2. The molecular formula is C30H33FN4O3. The second kappa shape index (κ2) is 10.7. The fourth-order valence-electron chi connectivity index (χ4n) is 5.83. The first-order valence-electron chi connectivity index (χ1n) is 13.4. The summed E-state index contributed by atoms with van der Waals surface area (Å²) in [5.41, 5.74) is 4.71. The number of pyridine rings is 1. The normalized spacial score (nSPS) is 23.2. The molecule has 0 bridgehead atoms. The van der Waals surface area contributed by atoms with Crippen LogP contribution in [0, 0.1) is 11.7 Å². The van der Waals surface area contributed by atoms with Crippen LogP contribution in [0.5, 0.6) is 0 Å². The number of carbonyl (C=O) groups is 1. The predicted molar refractivity (Wildman–Crippen MR) is 145 cm³/mol. The first-order chi connectivity index (χ1) is 18.6. The van der Waals surface area contributed by atoms with Gasteiger partial charge in [0, 0.05) is 43.6 Å². The maximum absolute atomic E-state index is 14.0. The smallest absolute Gasteiger partial charge is 0.230 e.